The Kier molecular flexibility index (Phi) is 6.06. The van der Waals surface area contributed by atoms with E-state index >= 15 is 0 Å². The maximum Gasteiger partial charge on any atom is 0.253 e. The summed E-state index contributed by atoms with van der Waals surface area (Å²) < 4.78 is 18.7. The molecular weight excluding hydrogens is 347 g/mol. The molecule has 3 rings (SSSR count). The number of halogens is 1. The summed E-state index contributed by atoms with van der Waals surface area (Å²) in [5.41, 5.74) is 1.06. The predicted molar refractivity (Wildman–Crippen MR) is 101 cm³/mol. The molecule has 1 saturated heterocycles. The lowest BCUT2D eigenvalue weighted by Crippen LogP contribution is -2.41. The van der Waals surface area contributed by atoms with E-state index in [9.17, 15) is 14.0 Å². The molecule has 2 aromatic rings. The molecule has 2 amide bonds. The Labute approximate surface area is 158 Å². The minimum Gasteiger partial charge on any atom is -0.494 e. The number of carbonyl (C=O) groups excluding carboxylic acids is 2. The summed E-state index contributed by atoms with van der Waals surface area (Å²) in [6, 6.07) is 13.0. The summed E-state index contributed by atoms with van der Waals surface area (Å²) in [5, 5.41) is 2.92. The molecule has 0 bridgehead atoms. The second-order valence-electron chi connectivity index (χ2n) is 6.52. The molecule has 27 heavy (non-hydrogen) atoms. The van der Waals surface area contributed by atoms with Crippen molar-refractivity contribution in [1.29, 1.82) is 0 Å². The van der Waals surface area contributed by atoms with Crippen molar-refractivity contribution < 1.29 is 18.7 Å². The van der Waals surface area contributed by atoms with Crippen LogP contribution in [0.5, 0.6) is 5.75 Å². The van der Waals surface area contributed by atoms with E-state index in [4.69, 9.17) is 4.74 Å². The quantitative estimate of drug-likeness (QED) is 0.873. The molecule has 0 spiro atoms. The number of hydrogen-bond acceptors (Lipinski definition) is 3. The van der Waals surface area contributed by atoms with Crippen LogP contribution in [0.25, 0.3) is 0 Å². The fourth-order valence-electron chi connectivity index (χ4n) is 3.19. The van der Waals surface area contributed by atoms with Crippen molar-refractivity contribution in [1.82, 2.24) is 4.90 Å². The number of nitrogens with one attached hydrogen (secondary N) is 1. The largest absolute Gasteiger partial charge is 0.494 e. The van der Waals surface area contributed by atoms with E-state index < -0.39 is 5.82 Å². The van der Waals surface area contributed by atoms with Crippen LogP contribution in [0.4, 0.5) is 10.1 Å². The Balaban J connectivity index is 1.52. The molecule has 6 heteroatoms. The van der Waals surface area contributed by atoms with E-state index in [1.807, 2.05) is 31.2 Å². The van der Waals surface area contributed by atoms with Gasteiger partial charge in [-0.3, -0.25) is 9.59 Å². The fraction of sp³-hybridized carbons (Fsp3) is 0.333. The second-order valence-corrected chi connectivity index (χ2v) is 6.52. The lowest BCUT2D eigenvalue weighted by Gasteiger charge is -2.31. The number of rotatable bonds is 5. The standard InChI is InChI=1S/C21H23FN2O3/c1-2-27-19-8-6-18(7-9-19)23-20(25)15-10-12-24(13-11-15)21(26)16-4-3-5-17(22)14-16/h3-9,14-15H,2,10-13H2,1H3,(H,23,25). The van der Waals surface area contributed by atoms with Crippen LogP contribution in [0.3, 0.4) is 0 Å². The van der Waals surface area contributed by atoms with Crippen molar-refractivity contribution >= 4 is 17.5 Å². The van der Waals surface area contributed by atoms with E-state index in [0.717, 1.165) is 11.4 Å². The van der Waals surface area contributed by atoms with Crippen molar-refractivity contribution in [2.75, 3.05) is 25.0 Å². The van der Waals surface area contributed by atoms with E-state index in [-0.39, 0.29) is 17.7 Å². The van der Waals surface area contributed by atoms with Crippen LogP contribution in [0.2, 0.25) is 0 Å². The summed E-state index contributed by atoms with van der Waals surface area (Å²) >= 11 is 0. The zero-order valence-electron chi connectivity index (χ0n) is 15.3. The van der Waals surface area contributed by atoms with Gasteiger partial charge in [-0.2, -0.15) is 0 Å². The number of ether oxygens (including phenoxy) is 1. The molecule has 0 saturated carbocycles. The molecule has 142 valence electrons. The molecule has 1 N–H and O–H groups in total. The van der Waals surface area contributed by atoms with Gasteiger partial charge in [0.1, 0.15) is 11.6 Å². The molecule has 0 radical (unpaired) electrons. The first-order valence-corrected chi connectivity index (χ1v) is 9.15. The minimum atomic E-state index is -0.425. The molecule has 0 unspecified atom stereocenters. The molecule has 1 heterocycles. The Morgan fingerprint density at radius 3 is 2.48 bits per heavy atom. The van der Waals surface area contributed by atoms with Gasteiger partial charge in [0, 0.05) is 30.3 Å². The van der Waals surface area contributed by atoms with Crippen LogP contribution < -0.4 is 10.1 Å². The molecule has 1 aliphatic rings. The number of amides is 2. The number of anilines is 1. The van der Waals surface area contributed by atoms with Gasteiger partial charge in [-0.25, -0.2) is 4.39 Å². The third-order valence-corrected chi connectivity index (χ3v) is 4.66. The number of nitrogens with zero attached hydrogens (tertiary/aromatic N) is 1. The Morgan fingerprint density at radius 1 is 1.15 bits per heavy atom. The monoisotopic (exact) mass is 370 g/mol. The second kappa shape index (κ2) is 8.66. The van der Waals surface area contributed by atoms with Crippen molar-refractivity contribution in [2.45, 2.75) is 19.8 Å². The molecule has 0 aliphatic carbocycles. The molecule has 0 atom stereocenters. The molecule has 1 fully saturated rings. The van der Waals surface area contributed by atoms with Crippen molar-refractivity contribution in [2.24, 2.45) is 5.92 Å². The predicted octanol–water partition coefficient (Wildman–Crippen LogP) is 3.72. The van der Waals surface area contributed by atoms with E-state index in [0.29, 0.717) is 38.1 Å². The van der Waals surface area contributed by atoms with Crippen LogP contribution in [0, 0.1) is 11.7 Å². The van der Waals surface area contributed by atoms with Crippen LogP contribution in [0.15, 0.2) is 48.5 Å². The topological polar surface area (TPSA) is 58.6 Å². The average molecular weight is 370 g/mol. The van der Waals surface area contributed by atoms with Gasteiger partial charge in [0.05, 0.1) is 6.61 Å². The first-order chi connectivity index (χ1) is 13.1. The Morgan fingerprint density at radius 2 is 1.85 bits per heavy atom. The van der Waals surface area contributed by atoms with E-state index in [2.05, 4.69) is 5.32 Å². The highest BCUT2D eigenvalue weighted by Crippen LogP contribution is 2.22. The SMILES string of the molecule is CCOc1ccc(NC(=O)C2CCN(C(=O)c3cccc(F)c3)CC2)cc1. The Hall–Kier alpha value is -2.89. The van der Waals surface area contributed by atoms with E-state index in [1.54, 1.807) is 11.0 Å². The van der Waals surface area contributed by atoms with Gasteiger partial charge in [0.15, 0.2) is 0 Å². The first kappa shape index (κ1) is 18.9. The van der Waals surface area contributed by atoms with Gasteiger partial charge < -0.3 is 15.0 Å². The first-order valence-electron chi connectivity index (χ1n) is 9.15. The zero-order chi connectivity index (χ0) is 19.2. The fourth-order valence-corrected chi connectivity index (χ4v) is 3.19. The third kappa shape index (κ3) is 4.84. The van der Waals surface area contributed by atoms with Crippen LogP contribution >= 0.6 is 0 Å². The summed E-state index contributed by atoms with van der Waals surface area (Å²) in [6.45, 7) is 3.48. The zero-order valence-corrected chi connectivity index (χ0v) is 15.3. The van der Waals surface area contributed by atoms with Gasteiger partial charge in [0.25, 0.3) is 5.91 Å². The molecule has 1 aliphatic heterocycles. The van der Waals surface area contributed by atoms with Crippen molar-refractivity contribution in [3.8, 4) is 5.75 Å². The normalized spacial score (nSPS) is 14.7. The van der Waals surface area contributed by atoms with Crippen molar-refractivity contribution in [3.63, 3.8) is 0 Å². The van der Waals surface area contributed by atoms with Gasteiger partial charge in [-0.15, -0.1) is 0 Å². The van der Waals surface area contributed by atoms with Gasteiger partial charge >= 0.3 is 0 Å². The number of likely N-dealkylation sites (tertiary alicyclic amines) is 1. The van der Waals surface area contributed by atoms with Crippen LogP contribution in [-0.4, -0.2) is 36.4 Å². The van der Waals surface area contributed by atoms with Gasteiger partial charge in [0.2, 0.25) is 5.91 Å². The van der Waals surface area contributed by atoms with Gasteiger partial charge in [-0.05, 0) is 62.2 Å². The van der Waals surface area contributed by atoms with E-state index in [1.165, 1.54) is 18.2 Å². The maximum absolute atomic E-state index is 13.3. The maximum atomic E-state index is 13.3. The van der Waals surface area contributed by atoms with Crippen LogP contribution in [0.1, 0.15) is 30.1 Å². The smallest absolute Gasteiger partial charge is 0.253 e. The highest BCUT2D eigenvalue weighted by Gasteiger charge is 2.28. The summed E-state index contributed by atoms with van der Waals surface area (Å²) in [6.07, 6.45) is 1.17. The summed E-state index contributed by atoms with van der Waals surface area (Å²) in [7, 11) is 0. The minimum absolute atomic E-state index is 0.0444. The number of hydrogen-bond donors (Lipinski definition) is 1. The molecule has 2 aromatic carbocycles. The highest BCUT2D eigenvalue weighted by atomic mass is 19.1. The Bertz CT molecular complexity index is 799. The third-order valence-electron chi connectivity index (χ3n) is 4.66. The lowest BCUT2D eigenvalue weighted by atomic mass is 9.95. The number of carbonyl (C=O) groups is 2. The molecule has 5 nitrogen and oxygen atoms in total. The van der Waals surface area contributed by atoms with Gasteiger partial charge in [-0.1, -0.05) is 6.07 Å². The molecule has 0 aromatic heterocycles. The number of piperidine rings is 1. The van der Waals surface area contributed by atoms with Crippen LogP contribution in [-0.2, 0) is 4.79 Å². The lowest BCUT2D eigenvalue weighted by molar-refractivity contribution is -0.121. The summed E-state index contributed by atoms with van der Waals surface area (Å²) in [4.78, 5) is 26.6. The summed E-state index contributed by atoms with van der Waals surface area (Å²) in [5.74, 6) is -0.0462. The average Bonchev–Trinajstić information content (AvgIpc) is 2.69. The highest BCUT2D eigenvalue weighted by molar-refractivity contribution is 5.95. The number of benzene rings is 2. The molecular formula is C21H23FN2O3. The van der Waals surface area contributed by atoms with Crippen molar-refractivity contribution in [3.05, 3.63) is 59.9 Å².